The van der Waals surface area contributed by atoms with Crippen molar-refractivity contribution in [3.05, 3.63) is 69.3 Å². The lowest BCUT2D eigenvalue weighted by atomic mass is 10.1. The minimum absolute atomic E-state index is 0.194. The molecule has 0 aliphatic rings. The number of imidazole rings is 1. The molecule has 4 aromatic rings. The molecule has 0 fully saturated rings. The van der Waals surface area contributed by atoms with Crippen molar-refractivity contribution in [2.75, 3.05) is 7.11 Å². The van der Waals surface area contributed by atoms with Crippen LogP contribution in [-0.4, -0.2) is 41.9 Å². The van der Waals surface area contributed by atoms with E-state index in [1.54, 1.807) is 26.6 Å². The summed E-state index contributed by atoms with van der Waals surface area (Å²) in [5, 5.41) is 7.45. The molecule has 0 saturated carbocycles. The molecule has 160 valence electrons. The Morgan fingerprint density at radius 3 is 2.61 bits per heavy atom. The van der Waals surface area contributed by atoms with E-state index in [-0.39, 0.29) is 18.0 Å². The summed E-state index contributed by atoms with van der Waals surface area (Å²) >= 11 is 3.28. The Hall–Kier alpha value is -3.47. The van der Waals surface area contributed by atoms with E-state index in [2.05, 4.69) is 36.3 Å². The van der Waals surface area contributed by atoms with E-state index < -0.39 is 6.04 Å². The maximum absolute atomic E-state index is 12.9. The van der Waals surface area contributed by atoms with Crippen LogP contribution in [0.3, 0.4) is 0 Å². The molecule has 0 aliphatic carbocycles. The summed E-state index contributed by atoms with van der Waals surface area (Å²) < 4.78 is 10.2. The molecule has 1 amide bonds. The van der Waals surface area contributed by atoms with Crippen LogP contribution < -0.4 is 15.6 Å². The van der Waals surface area contributed by atoms with Gasteiger partial charge < -0.3 is 14.6 Å². The number of carbonyl (C=O) groups excluding carboxylic acids is 1. The third kappa shape index (κ3) is 3.96. The van der Waals surface area contributed by atoms with Crippen LogP contribution in [0.5, 0.6) is 5.75 Å². The van der Waals surface area contributed by atoms with Crippen LogP contribution in [0, 0.1) is 0 Å². The van der Waals surface area contributed by atoms with Gasteiger partial charge in [-0.05, 0) is 33.6 Å². The third-order valence-electron chi connectivity index (χ3n) is 4.95. The van der Waals surface area contributed by atoms with E-state index in [0.29, 0.717) is 27.2 Å². The Balaban J connectivity index is 1.63. The van der Waals surface area contributed by atoms with E-state index in [1.165, 1.54) is 15.6 Å². The van der Waals surface area contributed by atoms with Crippen LogP contribution in [0.1, 0.15) is 17.4 Å². The predicted molar refractivity (Wildman–Crippen MR) is 117 cm³/mol. The summed E-state index contributed by atoms with van der Waals surface area (Å²) in [6.45, 7) is -0.194. The van der Waals surface area contributed by atoms with Crippen molar-refractivity contribution in [3.63, 3.8) is 0 Å². The third-order valence-corrected chi connectivity index (χ3v) is 5.51. The molecule has 1 unspecified atom stereocenters. The number of halogens is 1. The Kier molecular flexibility index (Phi) is 5.59. The van der Waals surface area contributed by atoms with E-state index in [9.17, 15) is 9.59 Å². The monoisotopic (exact) mass is 485 g/mol. The first-order valence-electron chi connectivity index (χ1n) is 9.37. The number of methoxy groups -OCH3 is 1. The standard InChI is InChI=1S/C20H20BrN7O3/c1-26-9-8-22-19(26)16(12-4-6-13(31-3)7-5-12)24-14(29)10-28-11-23-18-15(20(28)30)17(21)25-27(18)2/h4-9,11,16H,10H2,1-3H3,(H,24,29). The fourth-order valence-electron chi connectivity index (χ4n) is 3.36. The zero-order valence-electron chi connectivity index (χ0n) is 17.1. The summed E-state index contributed by atoms with van der Waals surface area (Å²) in [5.74, 6) is 1.02. The second-order valence-corrected chi connectivity index (χ2v) is 7.71. The maximum Gasteiger partial charge on any atom is 0.266 e. The summed E-state index contributed by atoms with van der Waals surface area (Å²) in [7, 11) is 5.15. The molecular weight excluding hydrogens is 466 g/mol. The van der Waals surface area contributed by atoms with Gasteiger partial charge in [0.1, 0.15) is 40.5 Å². The van der Waals surface area contributed by atoms with Crippen molar-refractivity contribution < 1.29 is 9.53 Å². The van der Waals surface area contributed by atoms with Crippen molar-refractivity contribution in [2.45, 2.75) is 12.6 Å². The van der Waals surface area contributed by atoms with Gasteiger partial charge in [0.2, 0.25) is 5.91 Å². The Morgan fingerprint density at radius 2 is 1.97 bits per heavy atom. The summed E-state index contributed by atoms with van der Waals surface area (Å²) in [4.78, 5) is 34.4. The molecular formula is C20H20BrN7O3. The van der Waals surface area contributed by atoms with E-state index in [1.807, 2.05) is 35.9 Å². The molecule has 0 spiro atoms. The van der Waals surface area contributed by atoms with Crippen molar-refractivity contribution in [2.24, 2.45) is 14.1 Å². The fourth-order valence-corrected chi connectivity index (χ4v) is 3.94. The van der Waals surface area contributed by atoms with Crippen LogP contribution in [0.4, 0.5) is 0 Å². The number of hydrogen-bond donors (Lipinski definition) is 1. The molecule has 11 heteroatoms. The minimum atomic E-state index is -0.504. The predicted octanol–water partition coefficient (Wildman–Crippen LogP) is 1.54. The number of rotatable bonds is 6. The lowest BCUT2D eigenvalue weighted by Gasteiger charge is -2.20. The zero-order chi connectivity index (χ0) is 22.1. The molecule has 0 aliphatic heterocycles. The summed E-state index contributed by atoms with van der Waals surface area (Å²) in [5.41, 5.74) is 0.926. The second-order valence-electron chi connectivity index (χ2n) is 6.96. The number of carbonyl (C=O) groups is 1. The van der Waals surface area contributed by atoms with Gasteiger partial charge in [-0.2, -0.15) is 5.10 Å². The number of benzene rings is 1. The highest BCUT2D eigenvalue weighted by atomic mass is 79.9. The average molecular weight is 486 g/mol. The van der Waals surface area contributed by atoms with Gasteiger partial charge in [-0.15, -0.1) is 0 Å². The van der Waals surface area contributed by atoms with Crippen LogP contribution in [0.2, 0.25) is 0 Å². The first kappa shape index (κ1) is 20.8. The Labute approximate surface area is 185 Å². The van der Waals surface area contributed by atoms with Gasteiger partial charge >= 0.3 is 0 Å². The largest absolute Gasteiger partial charge is 0.497 e. The van der Waals surface area contributed by atoms with Gasteiger partial charge in [0.15, 0.2) is 5.65 Å². The first-order chi connectivity index (χ1) is 14.9. The molecule has 0 radical (unpaired) electrons. The van der Waals surface area contributed by atoms with E-state index in [0.717, 1.165) is 5.56 Å². The molecule has 4 rings (SSSR count). The summed E-state index contributed by atoms with van der Waals surface area (Å²) in [6, 6.07) is 6.87. The minimum Gasteiger partial charge on any atom is -0.497 e. The van der Waals surface area contributed by atoms with Crippen LogP contribution in [0.15, 0.2) is 52.4 Å². The normalized spacial score (nSPS) is 12.1. The molecule has 1 N–H and O–H groups in total. The number of fused-ring (bicyclic) bond motifs is 1. The van der Waals surface area contributed by atoms with Gasteiger partial charge in [0, 0.05) is 26.5 Å². The highest BCUT2D eigenvalue weighted by Crippen LogP contribution is 2.23. The second kappa shape index (κ2) is 8.34. The van der Waals surface area contributed by atoms with Crippen molar-refractivity contribution >= 4 is 32.9 Å². The van der Waals surface area contributed by atoms with Crippen molar-refractivity contribution in [1.29, 1.82) is 0 Å². The SMILES string of the molecule is COc1ccc(C(NC(=O)Cn2cnc3c(c(Br)nn3C)c2=O)c2nccn2C)cc1. The van der Waals surface area contributed by atoms with Crippen LogP contribution in [0.25, 0.3) is 11.0 Å². The van der Waals surface area contributed by atoms with Crippen LogP contribution in [-0.2, 0) is 25.4 Å². The molecule has 31 heavy (non-hydrogen) atoms. The number of hydrogen-bond acceptors (Lipinski definition) is 6. The molecule has 10 nitrogen and oxygen atoms in total. The highest BCUT2D eigenvalue weighted by molar-refractivity contribution is 9.10. The molecule has 1 atom stereocenters. The van der Waals surface area contributed by atoms with Gasteiger partial charge in [0.25, 0.3) is 5.56 Å². The number of nitrogens with zero attached hydrogens (tertiary/aromatic N) is 6. The number of amides is 1. The number of ether oxygens (including phenoxy) is 1. The number of nitrogens with one attached hydrogen (secondary N) is 1. The molecule has 3 aromatic heterocycles. The summed E-state index contributed by atoms with van der Waals surface area (Å²) in [6.07, 6.45) is 4.82. The van der Waals surface area contributed by atoms with Crippen LogP contribution >= 0.6 is 15.9 Å². The quantitative estimate of drug-likeness (QED) is 0.443. The van der Waals surface area contributed by atoms with Gasteiger partial charge in [0.05, 0.1) is 7.11 Å². The fraction of sp³-hybridized carbons (Fsp3) is 0.250. The van der Waals surface area contributed by atoms with Crippen molar-refractivity contribution in [1.82, 2.24) is 34.2 Å². The van der Waals surface area contributed by atoms with Gasteiger partial charge in [-0.3, -0.25) is 14.2 Å². The zero-order valence-corrected chi connectivity index (χ0v) is 18.7. The van der Waals surface area contributed by atoms with E-state index in [4.69, 9.17) is 4.74 Å². The number of aromatic nitrogens is 6. The van der Waals surface area contributed by atoms with Gasteiger partial charge in [-0.25, -0.2) is 14.6 Å². The number of aryl methyl sites for hydroxylation is 2. The lowest BCUT2D eigenvalue weighted by Crippen LogP contribution is -2.36. The van der Waals surface area contributed by atoms with E-state index >= 15 is 0 Å². The Morgan fingerprint density at radius 1 is 1.23 bits per heavy atom. The lowest BCUT2D eigenvalue weighted by molar-refractivity contribution is -0.122. The smallest absolute Gasteiger partial charge is 0.266 e. The molecule has 3 heterocycles. The highest BCUT2D eigenvalue weighted by Gasteiger charge is 2.22. The maximum atomic E-state index is 12.9. The first-order valence-corrected chi connectivity index (χ1v) is 10.2. The molecule has 0 bridgehead atoms. The average Bonchev–Trinajstić information content (AvgIpc) is 3.31. The Bertz CT molecular complexity index is 1310. The van der Waals surface area contributed by atoms with Crippen molar-refractivity contribution in [3.8, 4) is 5.75 Å². The molecule has 0 saturated heterocycles. The van der Waals surface area contributed by atoms with Gasteiger partial charge in [-0.1, -0.05) is 12.1 Å². The molecule has 1 aromatic carbocycles. The topological polar surface area (TPSA) is 109 Å².